The standard InChI is InChI=1S/C19H30ClN3O2/c1-2-3-4-5-6-7-8-9-10-14-18(24)22-23-19(25)21-17-13-11-12-16(20)15-17/h11-13,15H,2-10,14H2,1H3,(H,22,24)(H2,21,23,25). The molecule has 5 nitrogen and oxygen atoms in total. The molecular formula is C19H30ClN3O2. The minimum Gasteiger partial charge on any atom is -0.307 e. The molecule has 0 radical (unpaired) electrons. The number of hydrogen-bond acceptors (Lipinski definition) is 2. The summed E-state index contributed by atoms with van der Waals surface area (Å²) in [5.41, 5.74) is 5.31. The molecule has 0 unspecified atom stereocenters. The minimum absolute atomic E-state index is 0.177. The van der Waals surface area contributed by atoms with Gasteiger partial charge in [0.05, 0.1) is 0 Å². The molecule has 1 aromatic carbocycles. The second-order valence-corrected chi connectivity index (χ2v) is 6.65. The predicted molar refractivity (Wildman–Crippen MR) is 104 cm³/mol. The van der Waals surface area contributed by atoms with Crippen molar-refractivity contribution in [2.45, 2.75) is 71.1 Å². The summed E-state index contributed by atoms with van der Waals surface area (Å²) in [6, 6.07) is 6.31. The van der Waals surface area contributed by atoms with E-state index < -0.39 is 6.03 Å². The molecule has 1 rings (SSSR count). The van der Waals surface area contributed by atoms with Crippen molar-refractivity contribution < 1.29 is 9.59 Å². The first-order valence-corrected chi connectivity index (χ1v) is 9.61. The van der Waals surface area contributed by atoms with Gasteiger partial charge in [-0.1, -0.05) is 76.0 Å². The fourth-order valence-corrected chi connectivity index (χ4v) is 2.70. The van der Waals surface area contributed by atoms with Gasteiger partial charge >= 0.3 is 6.03 Å². The number of rotatable bonds is 11. The van der Waals surface area contributed by atoms with E-state index in [1.807, 2.05) is 0 Å². The van der Waals surface area contributed by atoms with E-state index in [2.05, 4.69) is 23.1 Å². The highest BCUT2D eigenvalue weighted by atomic mass is 35.5. The van der Waals surface area contributed by atoms with Gasteiger partial charge in [-0.15, -0.1) is 0 Å². The second kappa shape index (κ2) is 13.5. The summed E-state index contributed by atoms with van der Waals surface area (Å²) in [4.78, 5) is 23.4. The highest BCUT2D eigenvalue weighted by Crippen LogP contribution is 2.14. The van der Waals surface area contributed by atoms with Gasteiger partial charge in [0.25, 0.3) is 0 Å². The molecule has 0 aliphatic carbocycles. The zero-order valence-corrected chi connectivity index (χ0v) is 15.8. The molecule has 0 aliphatic rings. The molecule has 0 fully saturated rings. The van der Waals surface area contributed by atoms with Gasteiger partial charge in [-0.05, 0) is 24.6 Å². The van der Waals surface area contributed by atoms with Crippen molar-refractivity contribution >= 4 is 29.2 Å². The number of hydrogen-bond donors (Lipinski definition) is 3. The maximum atomic E-state index is 11.7. The van der Waals surface area contributed by atoms with Crippen LogP contribution in [0.4, 0.5) is 10.5 Å². The number of unbranched alkanes of at least 4 members (excludes halogenated alkanes) is 8. The van der Waals surface area contributed by atoms with Crippen molar-refractivity contribution in [3.8, 4) is 0 Å². The number of carbonyl (C=O) groups excluding carboxylic acids is 2. The molecular weight excluding hydrogens is 338 g/mol. The van der Waals surface area contributed by atoms with Crippen LogP contribution in [-0.4, -0.2) is 11.9 Å². The first-order chi connectivity index (χ1) is 12.1. The van der Waals surface area contributed by atoms with Crippen LogP contribution in [0.1, 0.15) is 71.1 Å². The lowest BCUT2D eigenvalue weighted by Gasteiger charge is -2.09. The van der Waals surface area contributed by atoms with Crippen molar-refractivity contribution in [1.29, 1.82) is 0 Å². The van der Waals surface area contributed by atoms with Crippen LogP contribution in [0, 0.1) is 0 Å². The third-order valence-electron chi connectivity index (χ3n) is 3.91. The minimum atomic E-state index is -0.498. The average molecular weight is 368 g/mol. The number of amides is 3. The van der Waals surface area contributed by atoms with E-state index in [1.54, 1.807) is 24.3 Å². The lowest BCUT2D eigenvalue weighted by atomic mass is 10.1. The van der Waals surface area contributed by atoms with Crippen LogP contribution in [-0.2, 0) is 4.79 Å². The van der Waals surface area contributed by atoms with Crippen LogP contribution in [0.25, 0.3) is 0 Å². The Morgan fingerprint density at radius 2 is 1.56 bits per heavy atom. The van der Waals surface area contributed by atoms with Gasteiger partial charge in [-0.25, -0.2) is 10.2 Å². The fourth-order valence-electron chi connectivity index (χ4n) is 2.51. The largest absolute Gasteiger partial charge is 0.337 e. The molecule has 0 atom stereocenters. The van der Waals surface area contributed by atoms with E-state index in [-0.39, 0.29) is 5.91 Å². The number of anilines is 1. The fraction of sp³-hybridized carbons (Fsp3) is 0.579. The first kappa shape index (κ1) is 21.3. The van der Waals surface area contributed by atoms with Crippen LogP contribution >= 0.6 is 11.6 Å². The molecule has 3 amide bonds. The number of nitrogens with one attached hydrogen (secondary N) is 3. The third-order valence-corrected chi connectivity index (χ3v) is 4.14. The SMILES string of the molecule is CCCCCCCCCCCC(=O)NNC(=O)Nc1cccc(Cl)c1. The predicted octanol–water partition coefficient (Wildman–Crippen LogP) is 5.41. The van der Waals surface area contributed by atoms with Gasteiger partial charge in [0.15, 0.2) is 0 Å². The number of urea groups is 1. The summed E-state index contributed by atoms with van der Waals surface area (Å²) < 4.78 is 0. The molecule has 140 valence electrons. The monoisotopic (exact) mass is 367 g/mol. The topological polar surface area (TPSA) is 70.2 Å². The van der Waals surface area contributed by atoms with Crippen LogP contribution < -0.4 is 16.2 Å². The Labute approximate surface area is 155 Å². The molecule has 0 saturated heterocycles. The average Bonchev–Trinajstić information content (AvgIpc) is 2.58. The summed E-state index contributed by atoms with van der Waals surface area (Å²) in [7, 11) is 0. The Morgan fingerprint density at radius 1 is 0.920 bits per heavy atom. The zero-order chi connectivity index (χ0) is 18.3. The highest BCUT2D eigenvalue weighted by Gasteiger charge is 2.05. The summed E-state index contributed by atoms with van der Waals surface area (Å²) in [6.45, 7) is 2.22. The van der Waals surface area contributed by atoms with E-state index in [9.17, 15) is 9.59 Å². The van der Waals surface area contributed by atoms with Gasteiger partial charge in [-0.2, -0.15) is 0 Å². The van der Waals surface area contributed by atoms with Gasteiger partial charge in [-0.3, -0.25) is 10.2 Å². The van der Waals surface area contributed by atoms with Crippen LogP contribution in [0.15, 0.2) is 24.3 Å². The van der Waals surface area contributed by atoms with E-state index in [1.165, 1.54) is 44.9 Å². The number of carbonyl (C=O) groups is 2. The summed E-state index contributed by atoms with van der Waals surface area (Å²) >= 11 is 5.84. The molecule has 1 aromatic rings. The smallest absolute Gasteiger partial charge is 0.307 e. The number of hydrazine groups is 1. The second-order valence-electron chi connectivity index (χ2n) is 6.22. The highest BCUT2D eigenvalue weighted by molar-refractivity contribution is 6.30. The van der Waals surface area contributed by atoms with Crippen molar-refractivity contribution in [2.75, 3.05) is 5.32 Å². The van der Waals surface area contributed by atoms with Crippen LogP contribution in [0.2, 0.25) is 5.02 Å². The van der Waals surface area contributed by atoms with Crippen molar-refractivity contribution in [3.05, 3.63) is 29.3 Å². The lowest BCUT2D eigenvalue weighted by molar-refractivity contribution is -0.121. The molecule has 25 heavy (non-hydrogen) atoms. The molecule has 0 aromatic heterocycles. The quantitative estimate of drug-likeness (QED) is 0.361. The Hall–Kier alpha value is -1.75. The normalized spacial score (nSPS) is 10.3. The summed E-state index contributed by atoms with van der Waals surface area (Å²) in [5, 5.41) is 3.13. The third kappa shape index (κ3) is 11.4. The summed E-state index contributed by atoms with van der Waals surface area (Å²) in [5.74, 6) is -0.177. The van der Waals surface area contributed by atoms with Gasteiger partial charge < -0.3 is 5.32 Å². The molecule has 0 saturated carbocycles. The Morgan fingerprint density at radius 3 is 2.20 bits per heavy atom. The van der Waals surface area contributed by atoms with E-state index >= 15 is 0 Å². The van der Waals surface area contributed by atoms with Crippen LogP contribution in [0.5, 0.6) is 0 Å². The van der Waals surface area contributed by atoms with E-state index in [0.29, 0.717) is 17.1 Å². The Bertz CT molecular complexity index is 523. The molecule has 3 N–H and O–H groups in total. The Balaban J connectivity index is 2.00. The molecule has 0 bridgehead atoms. The van der Waals surface area contributed by atoms with Gasteiger partial charge in [0.1, 0.15) is 0 Å². The molecule has 0 spiro atoms. The van der Waals surface area contributed by atoms with Crippen molar-refractivity contribution in [3.63, 3.8) is 0 Å². The lowest BCUT2D eigenvalue weighted by Crippen LogP contribution is -2.43. The maximum Gasteiger partial charge on any atom is 0.337 e. The number of halogens is 1. The molecule has 6 heteroatoms. The van der Waals surface area contributed by atoms with E-state index in [0.717, 1.165) is 12.8 Å². The number of benzene rings is 1. The molecule has 0 aliphatic heterocycles. The Kier molecular flexibility index (Phi) is 11.5. The van der Waals surface area contributed by atoms with Crippen molar-refractivity contribution in [1.82, 2.24) is 10.9 Å². The van der Waals surface area contributed by atoms with Crippen molar-refractivity contribution in [2.24, 2.45) is 0 Å². The van der Waals surface area contributed by atoms with Gasteiger partial charge in [0, 0.05) is 17.1 Å². The van der Waals surface area contributed by atoms with Crippen LogP contribution in [0.3, 0.4) is 0 Å². The zero-order valence-electron chi connectivity index (χ0n) is 15.1. The summed E-state index contributed by atoms with van der Waals surface area (Å²) in [6.07, 6.45) is 11.3. The van der Waals surface area contributed by atoms with Gasteiger partial charge in [0.2, 0.25) is 5.91 Å². The first-order valence-electron chi connectivity index (χ1n) is 9.23. The maximum absolute atomic E-state index is 11.7. The van der Waals surface area contributed by atoms with E-state index in [4.69, 9.17) is 11.6 Å². The molecule has 0 heterocycles.